The highest BCUT2D eigenvalue weighted by atomic mass is 15.0. The zero-order chi connectivity index (χ0) is 39.8. The molecule has 2 heterocycles. The molecule has 0 aliphatic rings. The summed E-state index contributed by atoms with van der Waals surface area (Å²) in [6.45, 7) is 0. The summed E-state index contributed by atoms with van der Waals surface area (Å²) in [7, 11) is 0. The van der Waals surface area contributed by atoms with E-state index in [1.807, 2.05) is 0 Å². The minimum absolute atomic E-state index is 1.15. The van der Waals surface area contributed by atoms with Gasteiger partial charge >= 0.3 is 0 Å². The molecular weight excluding hydrogens is 725 g/mol. The van der Waals surface area contributed by atoms with Gasteiger partial charge in [0.2, 0.25) is 0 Å². The molecule has 0 fully saturated rings. The molecule has 0 saturated heterocycles. The van der Waals surface area contributed by atoms with E-state index in [-0.39, 0.29) is 0 Å². The first kappa shape index (κ1) is 35.2. The van der Waals surface area contributed by atoms with Gasteiger partial charge in [-0.15, -0.1) is 0 Å². The third-order valence-electron chi connectivity index (χ3n) is 11.8. The summed E-state index contributed by atoms with van der Waals surface area (Å²) in [6, 6.07) is 83.0. The Morgan fingerprint density at radius 3 is 0.833 bits per heavy atom. The summed E-state index contributed by atoms with van der Waals surface area (Å²) in [6.07, 6.45) is 4.62. The third-order valence-corrected chi connectivity index (χ3v) is 11.8. The zero-order valence-corrected chi connectivity index (χ0v) is 33.0. The summed E-state index contributed by atoms with van der Waals surface area (Å²) in [4.78, 5) is 0. The molecule has 9 aromatic carbocycles. The van der Waals surface area contributed by atoms with Crippen LogP contribution in [-0.4, -0.2) is 9.13 Å². The van der Waals surface area contributed by atoms with Gasteiger partial charge in [-0.1, -0.05) is 182 Å². The molecule has 0 bridgehead atoms. The molecule has 0 saturated carbocycles. The second-order valence-corrected chi connectivity index (χ2v) is 15.3. The number of hydrogen-bond donors (Lipinski definition) is 0. The monoisotopic (exact) mass is 764 g/mol. The van der Waals surface area contributed by atoms with Crippen molar-refractivity contribution in [1.82, 2.24) is 9.13 Å². The number of hydrogen-bond acceptors (Lipinski definition) is 0. The van der Waals surface area contributed by atoms with Crippen molar-refractivity contribution in [3.8, 4) is 11.4 Å². The van der Waals surface area contributed by atoms with Crippen molar-refractivity contribution in [1.29, 1.82) is 0 Å². The van der Waals surface area contributed by atoms with Crippen LogP contribution in [0.4, 0.5) is 0 Å². The van der Waals surface area contributed by atoms with E-state index in [0.29, 0.717) is 0 Å². The highest BCUT2D eigenvalue weighted by molar-refractivity contribution is 6.10. The Labute approximate surface area is 349 Å². The van der Waals surface area contributed by atoms with Crippen molar-refractivity contribution in [3.05, 3.63) is 264 Å². The number of para-hydroxylation sites is 4. The number of rotatable bonds is 8. The summed E-state index contributed by atoms with van der Waals surface area (Å²) >= 11 is 0. The van der Waals surface area contributed by atoms with Crippen molar-refractivity contribution >= 4 is 66.9 Å². The lowest BCUT2D eigenvalue weighted by Gasteiger charge is -2.13. The molecule has 0 radical (unpaired) electrons. The minimum atomic E-state index is 1.15. The fraction of sp³-hybridized carbons (Fsp3) is 0. The van der Waals surface area contributed by atoms with E-state index in [4.69, 9.17) is 0 Å². The lowest BCUT2D eigenvalue weighted by Crippen LogP contribution is -1.95. The molecule has 0 aliphatic carbocycles. The van der Waals surface area contributed by atoms with E-state index in [9.17, 15) is 0 Å². The van der Waals surface area contributed by atoms with E-state index >= 15 is 0 Å². The van der Waals surface area contributed by atoms with E-state index in [1.165, 1.54) is 77.0 Å². The van der Waals surface area contributed by atoms with Crippen LogP contribution >= 0.6 is 0 Å². The van der Waals surface area contributed by atoms with Gasteiger partial charge in [0, 0.05) is 32.9 Å². The Hall–Kier alpha value is -7.94. The molecule has 282 valence electrons. The van der Waals surface area contributed by atoms with Crippen LogP contribution in [0.5, 0.6) is 0 Å². The van der Waals surface area contributed by atoms with Crippen molar-refractivity contribution in [2.75, 3.05) is 0 Å². The normalized spacial score (nSPS) is 12.2. The summed E-state index contributed by atoms with van der Waals surface area (Å²) in [5, 5.41) is 5.07. The van der Waals surface area contributed by atoms with Crippen LogP contribution in [0.25, 0.3) is 78.3 Å². The average molecular weight is 765 g/mol. The van der Waals surface area contributed by atoms with Gasteiger partial charge < -0.3 is 9.13 Å². The van der Waals surface area contributed by atoms with Gasteiger partial charge in [-0.3, -0.25) is 0 Å². The first-order valence-corrected chi connectivity index (χ1v) is 20.6. The Balaban J connectivity index is 0.939. The second kappa shape index (κ2) is 15.1. The Morgan fingerprint density at radius 2 is 0.517 bits per heavy atom. The predicted octanol–water partition coefficient (Wildman–Crippen LogP) is 15.1. The second-order valence-electron chi connectivity index (χ2n) is 15.3. The van der Waals surface area contributed by atoms with Crippen LogP contribution in [0.1, 0.15) is 33.4 Å². The van der Waals surface area contributed by atoms with Gasteiger partial charge in [-0.25, -0.2) is 0 Å². The van der Waals surface area contributed by atoms with Crippen LogP contribution in [-0.2, 0) is 0 Å². The number of fused-ring (bicyclic) bond motifs is 6. The van der Waals surface area contributed by atoms with Gasteiger partial charge in [-0.05, 0) is 105 Å². The van der Waals surface area contributed by atoms with Crippen LogP contribution in [0.2, 0.25) is 0 Å². The maximum absolute atomic E-state index is 2.37. The third kappa shape index (κ3) is 6.32. The molecule has 0 spiro atoms. The fourth-order valence-electron chi connectivity index (χ4n) is 8.91. The summed E-state index contributed by atoms with van der Waals surface area (Å²) < 4.78 is 4.74. The van der Waals surface area contributed by atoms with E-state index in [2.05, 4.69) is 252 Å². The van der Waals surface area contributed by atoms with Crippen molar-refractivity contribution in [2.24, 2.45) is 0 Å². The predicted molar refractivity (Wildman–Crippen MR) is 255 cm³/mol. The Morgan fingerprint density at radius 1 is 0.250 bits per heavy atom. The number of nitrogens with zero attached hydrogens (tertiary/aromatic N) is 2. The topological polar surface area (TPSA) is 9.86 Å². The molecule has 2 aromatic heterocycles. The van der Waals surface area contributed by atoms with Crippen molar-refractivity contribution in [2.45, 2.75) is 0 Å². The molecule has 2 nitrogen and oxygen atoms in total. The molecular formula is C58H40N2. The van der Waals surface area contributed by atoms with Gasteiger partial charge in [0.25, 0.3) is 0 Å². The lowest BCUT2D eigenvalue weighted by atomic mass is 9.94. The van der Waals surface area contributed by atoms with E-state index in [0.717, 1.165) is 22.5 Å². The van der Waals surface area contributed by atoms with Crippen LogP contribution < -0.4 is 0 Å². The molecule has 0 atom stereocenters. The van der Waals surface area contributed by atoms with Gasteiger partial charge in [-0.2, -0.15) is 0 Å². The molecule has 0 amide bonds. The Bertz CT molecular complexity index is 3030. The lowest BCUT2D eigenvalue weighted by molar-refractivity contribution is 1.18. The number of aromatic nitrogens is 2. The molecule has 60 heavy (non-hydrogen) atoms. The standard InChI is InChI=1S/C58H40N2/c1-3-15-43(16-4-1)53(45-31-35-47(36-32-45)59-55-23-11-7-19-49(55)50-20-8-12-24-56(50)59)39-41-27-29-42(30-28-41)40-54(44-17-5-2-6-18-44)46-33-37-48(38-34-46)60-57-25-13-9-21-51(57)52-22-10-14-26-58(52)60/h1-40H/b53-39+,54-40+. The largest absolute Gasteiger partial charge is 0.309 e. The maximum atomic E-state index is 2.37. The molecule has 11 aromatic rings. The fourth-order valence-corrected chi connectivity index (χ4v) is 8.91. The van der Waals surface area contributed by atoms with E-state index in [1.54, 1.807) is 0 Å². The molecule has 0 N–H and O–H groups in total. The molecule has 11 rings (SSSR count). The zero-order valence-electron chi connectivity index (χ0n) is 33.0. The van der Waals surface area contributed by atoms with Gasteiger partial charge in [0.05, 0.1) is 22.1 Å². The SMILES string of the molecule is C(=C(/c1ccccc1)c1ccc(-n2c3ccccc3c3ccccc32)cc1)/c1ccc(/C=C(\c2ccccc2)c2ccc(-n3c4ccccc4c4ccccc43)cc2)cc1. The van der Waals surface area contributed by atoms with E-state index < -0.39 is 0 Å². The molecule has 2 heteroatoms. The van der Waals surface area contributed by atoms with Gasteiger partial charge in [0.15, 0.2) is 0 Å². The van der Waals surface area contributed by atoms with Crippen LogP contribution in [0, 0.1) is 0 Å². The quantitative estimate of drug-likeness (QED) is 0.136. The first-order chi connectivity index (χ1) is 29.8. The Kier molecular flexibility index (Phi) is 8.87. The summed E-state index contributed by atoms with van der Waals surface area (Å²) in [5.74, 6) is 0. The van der Waals surface area contributed by atoms with Crippen LogP contribution in [0.15, 0.2) is 231 Å². The summed E-state index contributed by atoms with van der Waals surface area (Å²) in [5.41, 5.74) is 16.5. The minimum Gasteiger partial charge on any atom is -0.309 e. The van der Waals surface area contributed by atoms with Crippen molar-refractivity contribution in [3.63, 3.8) is 0 Å². The first-order valence-electron chi connectivity index (χ1n) is 20.6. The van der Waals surface area contributed by atoms with Crippen molar-refractivity contribution < 1.29 is 0 Å². The smallest absolute Gasteiger partial charge is 0.0541 e. The highest BCUT2D eigenvalue weighted by Crippen LogP contribution is 2.35. The highest BCUT2D eigenvalue weighted by Gasteiger charge is 2.15. The average Bonchev–Trinajstić information content (AvgIpc) is 3.84. The van der Waals surface area contributed by atoms with Crippen LogP contribution in [0.3, 0.4) is 0 Å². The molecule has 0 unspecified atom stereocenters. The van der Waals surface area contributed by atoms with Gasteiger partial charge in [0.1, 0.15) is 0 Å². The maximum Gasteiger partial charge on any atom is 0.0541 e. The molecule has 0 aliphatic heterocycles. The number of benzene rings is 9.